The molecule has 2 aromatic carbocycles. The van der Waals surface area contributed by atoms with Gasteiger partial charge in [-0.25, -0.2) is 0 Å². The molecule has 0 bridgehead atoms. The summed E-state index contributed by atoms with van der Waals surface area (Å²) in [5.74, 6) is 2.40. The van der Waals surface area contributed by atoms with E-state index in [1.54, 1.807) is 7.11 Å². The quantitative estimate of drug-likeness (QED) is 0.566. The third-order valence-electron chi connectivity index (χ3n) is 6.71. The van der Waals surface area contributed by atoms with Crippen molar-refractivity contribution in [2.24, 2.45) is 0 Å². The first-order valence-electron chi connectivity index (χ1n) is 12.1. The first-order chi connectivity index (χ1) is 16.9. The average Bonchev–Trinajstić information content (AvgIpc) is 3.49. The molecule has 4 rings (SSSR count). The van der Waals surface area contributed by atoms with Crippen LogP contribution in [0, 0.1) is 0 Å². The average molecular weight is 483 g/mol. The molecule has 0 spiro atoms. The molecule has 8 heteroatoms. The number of amides is 2. The monoisotopic (exact) mass is 482 g/mol. The van der Waals surface area contributed by atoms with Gasteiger partial charge in [-0.1, -0.05) is 6.07 Å². The molecule has 2 aliphatic rings. The molecule has 1 atom stereocenters. The van der Waals surface area contributed by atoms with Gasteiger partial charge in [0.15, 0.2) is 11.5 Å². The molecule has 188 valence electrons. The summed E-state index contributed by atoms with van der Waals surface area (Å²) in [6.45, 7) is 2.45. The summed E-state index contributed by atoms with van der Waals surface area (Å²) >= 11 is 0. The zero-order valence-corrected chi connectivity index (χ0v) is 20.9. The summed E-state index contributed by atoms with van der Waals surface area (Å²) in [7, 11) is 4.72. The van der Waals surface area contributed by atoms with Crippen molar-refractivity contribution >= 4 is 17.5 Å². The van der Waals surface area contributed by atoms with Gasteiger partial charge >= 0.3 is 0 Å². The second-order valence-electron chi connectivity index (χ2n) is 9.17. The number of rotatable bonds is 9. The van der Waals surface area contributed by atoms with Crippen molar-refractivity contribution < 1.29 is 28.5 Å². The van der Waals surface area contributed by atoms with Crippen molar-refractivity contribution in [3.63, 3.8) is 0 Å². The zero-order chi connectivity index (χ0) is 24.9. The van der Waals surface area contributed by atoms with E-state index in [0.29, 0.717) is 36.7 Å². The summed E-state index contributed by atoms with van der Waals surface area (Å²) in [6.07, 6.45) is 5.19. The van der Waals surface area contributed by atoms with Crippen LogP contribution in [0.5, 0.6) is 23.0 Å². The van der Waals surface area contributed by atoms with E-state index in [4.69, 9.17) is 18.9 Å². The van der Waals surface area contributed by atoms with Gasteiger partial charge in [0.25, 0.3) is 0 Å². The highest BCUT2D eigenvalue weighted by Crippen LogP contribution is 2.39. The van der Waals surface area contributed by atoms with Gasteiger partial charge in [0.2, 0.25) is 11.8 Å². The molecule has 2 fully saturated rings. The highest BCUT2D eigenvalue weighted by atomic mass is 16.5. The molecule has 1 N–H and O–H groups in total. The first kappa shape index (κ1) is 24.7. The molecule has 2 amide bonds. The smallest absolute Gasteiger partial charge is 0.223 e. The lowest BCUT2D eigenvalue weighted by molar-refractivity contribution is -0.128. The number of hydrogen-bond acceptors (Lipinski definition) is 6. The molecule has 1 saturated carbocycles. The van der Waals surface area contributed by atoms with E-state index >= 15 is 0 Å². The Kier molecular flexibility index (Phi) is 7.68. The number of nitrogens with zero attached hydrogens (tertiary/aromatic N) is 1. The van der Waals surface area contributed by atoms with Crippen LogP contribution in [-0.4, -0.2) is 50.7 Å². The Morgan fingerprint density at radius 2 is 1.63 bits per heavy atom. The van der Waals surface area contributed by atoms with Gasteiger partial charge in [-0.05, 0) is 61.1 Å². The number of nitrogens with one attached hydrogen (secondary N) is 1. The Morgan fingerprint density at radius 3 is 2.23 bits per heavy atom. The minimum absolute atomic E-state index is 0.0711. The lowest BCUT2D eigenvalue weighted by Crippen LogP contribution is -2.24. The molecule has 1 unspecified atom stereocenters. The van der Waals surface area contributed by atoms with E-state index in [2.05, 4.69) is 5.32 Å². The molecule has 8 nitrogen and oxygen atoms in total. The topological polar surface area (TPSA) is 86.3 Å². The van der Waals surface area contributed by atoms with E-state index in [1.807, 2.05) is 35.2 Å². The number of carbonyl (C=O) groups is 2. The van der Waals surface area contributed by atoms with Gasteiger partial charge in [0, 0.05) is 32.4 Å². The lowest BCUT2D eigenvalue weighted by atomic mass is 9.98. The Bertz CT molecular complexity index is 1050. The van der Waals surface area contributed by atoms with Crippen LogP contribution in [0.15, 0.2) is 30.3 Å². The van der Waals surface area contributed by atoms with Crippen molar-refractivity contribution in [2.45, 2.75) is 57.6 Å². The first-order valence-corrected chi connectivity index (χ1v) is 12.1. The summed E-state index contributed by atoms with van der Waals surface area (Å²) in [6, 6.07) is 9.65. The van der Waals surface area contributed by atoms with Crippen LogP contribution in [0.2, 0.25) is 0 Å². The summed E-state index contributed by atoms with van der Waals surface area (Å²) in [5.41, 5.74) is 2.41. The predicted octanol–water partition coefficient (Wildman–Crippen LogP) is 4.51. The van der Waals surface area contributed by atoms with Crippen LogP contribution < -0.4 is 24.3 Å². The predicted molar refractivity (Wildman–Crippen MR) is 133 cm³/mol. The Morgan fingerprint density at radius 1 is 0.971 bits per heavy atom. The number of hydrogen-bond donors (Lipinski definition) is 1. The molecule has 2 aromatic rings. The Labute approximate surface area is 206 Å². The van der Waals surface area contributed by atoms with Crippen LogP contribution in [0.3, 0.4) is 0 Å². The number of likely N-dealkylation sites (tertiary alicyclic amines) is 1. The Hall–Kier alpha value is -3.42. The zero-order valence-electron chi connectivity index (χ0n) is 20.9. The maximum atomic E-state index is 12.9. The molecule has 0 aromatic heterocycles. The van der Waals surface area contributed by atoms with Gasteiger partial charge in [0.1, 0.15) is 17.2 Å². The van der Waals surface area contributed by atoms with Gasteiger partial charge in [0.05, 0.1) is 27.4 Å². The van der Waals surface area contributed by atoms with E-state index in [0.717, 1.165) is 35.5 Å². The molecule has 1 aliphatic carbocycles. The van der Waals surface area contributed by atoms with Crippen LogP contribution in [0.1, 0.15) is 56.1 Å². The van der Waals surface area contributed by atoms with Crippen LogP contribution >= 0.6 is 0 Å². The molecular weight excluding hydrogens is 448 g/mol. The van der Waals surface area contributed by atoms with Gasteiger partial charge in [-0.2, -0.15) is 0 Å². The summed E-state index contributed by atoms with van der Waals surface area (Å²) in [5, 5.41) is 2.75. The second kappa shape index (κ2) is 10.9. The second-order valence-corrected chi connectivity index (χ2v) is 9.17. The highest BCUT2D eigenvalue weighted by molar-refractivity contribution is 5.92. The summed E-state index contributed by atoms with van der Waals surface area (Å²) < 4.78 is 22.7. The van der Waals surface area contributed by atoms with E-state index in [1.165, 1.54) is 34.0 Å². The maximum Gasteiger partial charge on any atom is 0.223 e. The Balaban J connectivity index is 1.51. The maximum absolute atomic E-state index is 12.9. The molecule has 0 radical (unpaired) electrons. The van der Waals surface area contributed by atoms with Gasteiger partial charge < -0.3 is 29.2 Å². The fraction of sp³-hybridized carbons (Fsp3) is 0.481. The fourth-order valence-corrected chi connectivity index (χ4v) is 4.95. The normalized spacial score (nSPS) is 18.0. The fourth-order valence-electron chi connectivity index (χ4n) is 4.95. The van der Waals surface area contributed by atoms with E-state index in [-0.39, 0.29) is 23.8 Å². The largest absolute Gasteiger partial charge is 0.494 e. The van der Waals surface area contributed by atoms with Crippen LogP contribution in [0.25, 0.3) is 0 Å². The third-order valence-corrected chi connectivity index (χ3v) is 6.71. The molecule has 1 heterocycles. The van der Waals surface area contributed by atoms with Crippen molar-refractivity contribution in [1.82, 2.24) is 4.90 Å². The number of anilines is 1. The third kappa shape index (κ3) is 5.63. The lowest BCUT2D eigenvalue weighted by Gasteiger charge is -2.21. The number of benzene rings is 2. The van der Waals surface area contributed by atoms with E-state index < -0.39 is 0 Å². The van der Waals surface area contributed by atoms with Crippen LogP contribution in [-0.2, 0) is 16.1 Å². The van der Waals surface area contributed by atoms with Crippen LogP contribution in [0.4, 0.5) is 5.69 Å². The number of carbonyl (C=O) groups excluding carboxylic acids is 2. The molecule has 1 aliphatic heterocycles. The minimum Gasteiger partial charge on any atom is -0.494 e. The van der Waals surface area contributed by atoms with Gasteiger partial charge in [-0.3, -0.25) is 9.59 Å². The van der Waals surface area contributed by atoms with Gasteiger partial charge in [-0.15, -0.1) is 0 Å². The standard InChI is InChI=1S/C27H34N2O6/c1-17(30)28-27-24(33-3)11-18(12-25(27)34-4)15-29-16-20(14-26(29)31)19-9-10-22(32-2)23(13-19)35-21-7-5-6-8-21/h9-13,20-21H,5-8,14-16H2,1-4H3,(H,28,30). The van der Waals surface area contributed by atoms with E-state index in [9.17, 15) is 9.59 Å². The van der Waals surface area contributed by atoms with Crippen molar-refractivity contribution in [3.05, 3.63) is 41.5 Å². The number of ether oxygens (including phenoxy) is 4. The summed E-state index contributed by atoms with van der Waals surface area (Å²) in [4.78, 5) is 26.4. The number of methoxy groups -OCH3 is 3. The minimum atomic E-state index is -0.220. The highest BCUT2D eigenvalue weighted by Gasteiger charge is 2.32. The SMILES string of the molecule is COc1ccc(C2CC(=O)N(Cc3cc(OC)c(NC(C)=O)c(OC)c3)C2)cc1OC1CCCC1. The van der Waals surface area contributed by atoms with Crippen molar-refractivity contribution in [1.29, 1.82) is 0 Å². The molecule has 1 saturated heterocycles. The molecular formula is C27H34N2O6. The molecule has 35 heavy (non-hydrogen) atoms. The van der Waals surface area contributed by atoms with Crippen molar-refractivity contribution in [2.75, 3.05) is 33.2 Å². The van der Waals surface area contributed by atoms with Crippen molar-refractivity contribution in [3.8, 4) is 23.0 Å².